The molecule has 2 aromatic heterocycles. The van der Waals surface area contributed by atoms with Gasteiger partial charge in [0.25, 0.3) is 5.56 Å². The maximum Gasteiger partial charge on any atom is 0.276 e. The SMILES string of the molecule is CC(C1=CCC(=O)C=N1)n1nc(-c2cccc(Cl)c2)c2ncccc2c1=O. The number of carbonyl (C=O) groups is 1. The summed E-state index contributed by atoms with van der Waals surface area (Å²) in [7, 11) is 0. The van der Waals surface area contributed by atoms with Crippen molar-refractivity contribution in [1.29, 1.82) is 0 Å². The summed E-state index contributed by atoms with van der Waals surface area (Å²) in [6.45, 7) is 1.83. The molecule has 7 heteroatoms. The van der Waals surface area contributed by atoms with Crippen molar-refractivity contribution in [2.24, 2.45) is 4.99 Å². The molecule has 0 saturated carbocycles. The molecule has 0 N–H and O–H groups in total. The molecule has 1 atom stereocenters. The zero-order valence-electron chi connectivity index (χ0n) is 14.5. The number of fused-ring (bicyclic) bond motifs is 1. The fourth-order valence-electron chi connectivity index (χ4n) is 3.04. The Morgan fingerprint density at radius 2 is 2.04 bits per heavy atom. The van der Waals surface area contributed by atoms with Gasteiger partial charge in [0, 0.05) is 23.2 Å². The van der Waals surface area contributed by atoms with Crippen LogP contribution in [0.1, 0.15) is 19.4 Å². The number of allylic oxidation sites excluding steroid dienone is 2. The Morgan fingerprint density at radius 3 is 2.78 bits per heavy atom. The number of Topliss-reactive ketones (excluding diaryl/α,β-unsaturated/α-hetero) is 1. The van der Waals surface area contributed by atoms with Crippen molar-refractivity contribution in [3.8, 4) is 11.3 Å². The Kier molecular flexibility index (Phi) is 4.41. The molecule has 27 heavy (non-hydrogen) atoms. The van der Waals surface area contributed by atoms with Crippen molar-refractivity contribution in [3.63, 3.8) is 0 Å². The average Bonchev–Trinajstić information content (AvgIpc) is 2.68. The van der Waals surface area contributed by atoms with E-state index in [2.05, 4.69) is 15.1 Å². The van der Waals surface area contributed by atoms with Gasteiger partial charge in [-0.15, -0.1) is 0 Å². The van der Waals surface area contributed by atoms with Crippen LogP contribution < -0.4 is 5.56 Å². The lowest BCUT2D eigenvalue weighted by Gasteiger charge is -2.18. The van der Waals surface area contributed by atoms with Crippen LogP contribution in [0.2, 0.25) is 5.02 Å². The van der Waals surface area contributed by atoms with Gasteiger partial charge in [-0.05, 0) is 31.2 Å². The molecule has 0 amide bonds. The van der Waals surface area contributed by atoms with Crippen LogP contribution in [0.25, 0.3) is 22.2 Å². The maximum atomic E-state index is 13.0. The lowest BCUT2D eigenvalue weighted by molar-refractivity contribution is -0.111. The van der Waals surface area contributed by atoms with Crippen molar-refractivity contribution in [3.05, 3.63) is 69.7 Å². The molecule has 0 radical (unpaired) electrons. The summed E-state index contributed by atoms with van der Waals surface area (Å²) in [5.41, 5.74) is 2.22. The lowest BCUT2D eigenvalue weighted by Crippen LogP contribution is -2.28. The van der Waals surface area contributed by atoms with Crippen LogP contribution in [0, 0.1) is 0 Å². The first-order valence-corrected chi connectivity index (χ1v) is 8.83. The lowest BCUT2D eigenvalue weighted by atomic mass is 10.1. The second-order valence-electron chi connectivity index (χ2n) is 6.24. The Bertz CT molecular complexity index is 1180. The fraction of sp³-hybridized carbons (Fsp3) is 0.150. The number of ketones is 1. The minimum absolute atomic E-state index is 0.0615. The number of aromatic nitrogens is 3. The number of carbonyl (C=O) groups excluding carboxylic acids is 1. The summed E-state index contributed by atoms with van der Waals surface area (Å²) in [5.74, 6) is -0.0615. The maximum absolute atomic E-state index is 13.0. The number of benzene rings is 1. The van der Waals surface area contributed by atoms with E-state index in [1.807, 2.05) is 19.1 Å². The van der Waals surface area contributed by atoms with Crippen molar-refractivity contribution in [2.75, 3.05) is 0 Å². The van der Waals surface area contributed by atoms with E-state index in [4.69, 9.17) is 11.6 Å². The van der Waals surface area contributed by atoms with Gasteiger partial charge in [-0.2, -0.15) is 5.10 Å². The van der Waals surface area contributed by atoms with Crippen LogP contribution in [0.4, 0.5) is 0 Å². The Morgan fingerprint density at radius 1 is 1.19 bits per heavy atom. The topological polar surface area (TPSA) is 77.2 Å². The highest BCUT2D eigenvalue weighted by Gasteiger charge is 2.20. The van der Waals surface area contributed by atoms with Gasteiger partial charge in [0.15, 0.2) is 5.78 Å². The molecule has 3 heterocycles. The summed E-state index contributed by atoms with van der Waals surface area (Å²) in [6, 6.07) is 10.3. The molecule has 0 saturated heterocycles. The van der Waals surface area contributed by atoms with Crippen molar-refractivity contribution in [2.45, 2.75) is 19.4 Å². The van der Waals surface area contributed by atoms with Crippen LogP contribution >= 0.6 is 11.6 Å². The highest BCUT2D eigenvalue weighted by atomic mass is 35.5. The van der Waals surface area contributed by atoms with Gasteiger partial charge in [-0.1, -0.05) is 29.8 Å². The van der Waals surface area contributed by atoms with Crippen molar-refractivity contribution >= 4 is 34.5 Å². The van der Waals surface area contributed by atoms with Crippen LogP contribution in [-0.4, -0.2) is 26.8 Å². The minimum atomic E-state index is -0.426. The molecule has 6 nitrogen and oxygen atoms in total. The molecule has 0 bridgehead atoms. The number of hydrogen-bond acceptors (Lipinski definition) is 5. The van der Waals surface area contributed by atoms with Gasteiger partial charge in [-0.3, -0.25) is 19.6 Å². The van der Waals surface area contributed by atoms with Crippen molar-refractivity contribution in [1.82, 2.24) is 14.8 Å². The number of rotatable bonds is 3. The quantitative estimate of drug-likeness (QED) is 0.697. The van der Waals surface area contributed by atoms with Crippen LogP contribution in [0.3, 0.4) is 0 Å². The second-order valence-corrected chi connectivity index (χ2v) is 6.68. The Balaban J connectivity index is 1.94. The highest BCUT2D eigenvalue weighted by molar-refractivity contribution is 6.31. The number of hydrogen-bond donors (Lipinski definition) is 0. The van der Waals surface area contributed by atoms with Crippen LogP contribution in [0.5, 0.6) is 0 Å². The minimum Gasteiger partial charge on any atom is -0.293 e. The van der Waals surface area contributed by atoms with Crippen LogP contribution in [-0.2, 0) is 4.79 Å². The second kappa shape index (κ2) is 6.89. The standard InChI is InChI=1S/C20H15ClN4O2/c1-12(17-8-7-15(26)11-23-17)25-20(27)16-6-3-9-22-19(16)18(24-25)13-4-2-5-14(21)10-13/h2-6,8-12H,7H2,1H3. The largest absolute Gasteiger partial charge is 0.293 e. The molecule has 134 valence electrons. The number of nitrogens with zero attached hydrogens (tertiary/aromatic N) is 4. The molecule has 4 rings (SSSR count). The molecule has 1 aliphatic rings. The van der Waals surface area contributed by atoms with E-state index in [-0.39, 0.29) is 17.8 Å². The Labute approximate surface area is 159 Å². The molecule has 1 aliphatic heterocycles. The number of halogens is 1. The fourth-order valence-corrected chi connectivity index (χ4v) is 3.23. The third-order valence-electron chi connectivity index (χ3n) is 4.44. The highest BCUT2D eigenvalue weighted by Crippen LogP contribution is 2.27. The van der Waals surface area contributed by atoms with Gasteiger partial charge in [-0.25, -0.2) is 4.68 Å². The van der Waals surface area contributed by atoms with Gasteiger partial charge in [0.2, 0.25) is 0 Å². The van der Waals surface area contributed by atoms with E-state index in [1.54, 1.807) is 36.5 Å². The monoisotopic (exact) mass is 378 g/mol. The molecule has 1 aromatic carbocycles. The normalized spacial score (nSPS) is 15.0. The molecule has 1 unspecified atom stereocenters. The first-order valence-electron chi connectivity index (χ1n) is 8.45. The first-order chi connectivity index (χ1) is 13.0. The number of pyridine rings is 1. The summed E-state index contributed by atoms with van der Waals surface area (Å²) >= 11 is 6.14. The molecule has 0 aliphatic carbocycles. The summed E-state index contributed by atoms with van der Waals surface area (Å²) in [6.07, 6.45) is 4.92. The zero-order chi connectivity index (χ0) is 19.0. The van der Waals surface area contributed by atoms with E-state index in [9.17, 15) is 9.59 Å². The first kappa shape index (κ1) is 17.3. The van der Waals surface area contributed by atoms with Gasteiger partial charge in [0.1, 0.15) is 11.2 Å². The predicted octanol–water partition coefficient (Wildman–Crippen LogP) is 3.60. The van der Waals surface area contributed by atoms with Gasteiger partial charge in [0.05, 0.1) is 23.3 Å². The third-order valence-corrected chi connectivity index (χ3v) is 4.68. The molecule has 3 aromatic rings. The van der Waals surface area contributed by atoms with Gasteiger partial charge >= 0.3 is 0 Å². The van der Waals surface area contributed by atoms with E-state index >= 15 is 0 Å². The third kappa shape index (κ3) is 3.19. The Hall–Kier alpha value is -3.12. The molecule has 0 spiro atoms. The van der Waals surface area contributed by atoms with E-state index in [0.29, 0.717) is 27.3 Å². The van der Waals surface area contributed by atoms with E-state index in [1.165, 1.54) is 10.9 Å². The number of aliphatic imine (C=N–C) groups is 1. The van der Waals surface area contributed by atoms with Gasteiger partial charge < -0.3 is 0 Å². The average molecular weight is 379 g/mol. The summed E-state index contributed by atoms with van der Waals surface area (Å²) < 4.78 is 1.39. The predicted molar refractivity (Wildman–Crippen MR) is 105 cm³/mol. The van der Waals surface area contributed by atoms with Crippen LogP contribution in [0.15, 0.2) is 64.2 Å². The molecule has 0 fully saturated rings. The summed E-state index contributed by atoms with van der Waals surface area (Å²) in [4.78, 5) is 32.9. The molecular formula is C20H15ClN4O2. The smallest absolute Gasteiger partial charge is 0.276 e. The summed E-state index contributed by atoms with van der Waals surface area (Å²) in [5, 5.41) is 5.62. The van der Waals surface area contributed by atoms with E-state index < -0.39 is 6.04 Å². The molecular weight excluding hydrogens is 364 g/mol. The zero-order valence-corrected chi connectivity index (χ0v) is 15.2. The van der Waals surface area contributed by atoms with E-state index in [0.717, 1.165) is 5.56 Å². The van der Waals surface area contributed by atoms with Crippen molar-refractivity contribution < 1.29 is 4.79 Å².